The molecule has 9 N–H and O–H groups in total. The fourth-order valence-electron chi connectivity index (χ4n) is 3.65. The third-order valence-corrected chi connectivity index (χ3v) is 8.45. The van der Waals surface area contributed by atoms with Crippen molar-refractivity contribution < 1.29 is 19.2 Å². The van der Waals surface area contributed by atoms with E-state index in [2.05, 4.69) is 49.1 Å². The average Bonchev–Trinajstić information content (AvgIpc) is 3.27. The Balaban J connectivity index is 2.26. The van der Waals surface area contributed by atoms with Crippen LogP contribution in [0.4, 0.5) is 0 Å². The van der Waals surface area contributed by atoms with Gasteiger partial charge >= 0.3 is 0 Å². The lowest BCUT2D eigenvalue weighted by Crippen LogP contribution is -2.56. The molecule has 3 amide bonds. The van der Waals surface area contributed by atoms with E-state index in [4.69, 9.17) is 17.2 Å². The maximum Gasteiger partial charge on any atom is 0.248 e. The number of rotatable bonds is 8. The Morgan fingerprint density at radius 2 is 2.00 bits per heavy atom. The smallest absolute Gasteiger partial charge is 0.248 e. The highest BCUT2D eigenvalue weighted by Crippen LogP contribution is 2.56. The summed E-state index contributed by atoms with van der Waals surface area (Å²) >= 11 is 0. The Morgan fingerprint density at radius 1 is 1.27 bits per heavy atom. The molecule has 6 atom stereocenters. The summed E-state index contributed by atoms with van der Waals surface area (Å²) in [6, 6.07) is -2.63. The molecule has 17 heteroatoms. The lowest BCUT2D eigenvalue weighted by Gasteiger charge is -2.26. The number of aliphatic imine (C=N–C) groups is 1. The first-order valence-corrected chi connectivity index (χ1v) is 16.5. The molecule has 0 saturated carbocycles. The first-order valence-electron chi connectivity index (χ1n) is 11.9. The van der Waals surface area contributed by atoms with Gasteiger partial charge in [-0.15, -0.1) is 23.0 Å². The summed E-state index contributed by atoms with van der Waals surface area (Å²) in [6.07, 6.45) is 4.41. The Hall–Kier alpha value is -2.26. The van der Waals surface area contributed by atoms with Crippen molar-refractivity contribution in [1.29, 1.82) is 0 Å². The van der Waals surface area contributed by atoms with Gasteiger partial charge in [0, 0.05) is 25.7 Å². The van der Waals surface area contributed by atoms with Crippen molar-refractivity contribution in [2.45, 2.75) is 75.9 Å². The molecule has 2 rings (SSSR count). The SMILES string of the molecule is CC(=O)C(CCCN=C(N)N)NC(=O)C1Cc2cn(nn2)CCCCC(N)C(=O)NC(P(P)P)C(=O)N1. The highest BCUT2D eigenvalue weighted by atomic mass is 32.4. The first-order chi connectivity index (χ1) is 17.5. The number of nitrogens with one attached hydrogen (secondary N) is 3. The molecule has 2 heterocycles. The average molecular weight is 575 g/mol. The van der Waals surface area contributed by atoms with Gasteiger partial charge in [0.2, 0.25) is 17.7 Å². The fraction of sp³-hybridized carbons (Fsp3) is 0.650. The molecule has 0 radical (unpaired) electrons. The summed E-state index contributed by atoms with van der Waals surface area (Å²) in [5, 5.41) is 16.4. The van der Waals surface area contributed by atoms with Gasteiger partial charge in [-0.1, -0.05) is 5.21 Å². The number of hydrogen-bond acceptors (Lipinski definition) is 8. The van der Waals surface area contributed by atoms with Gasteiger partial charge < -0.3 is 33.2 Å². The number of carbonyl (C=O) groups is 4. The molecule has 0 aromatic carbocycles. The molecular formula is C20H37N10O4P3. The number of nitrogens with two attached hydrogens (primary N) is 3. The lowest BCUT2D eigenvalue weighted by molar-refractivity contribution is -0.132. The Kier molecular flexibility index (Phi) is 12.7. The van der Waals surface area contributed by atoms with E-state index in [9.17, 15) is 19.2 Å². The van der Waals surface area contributed by atoms with Crippen molar-refractivity contribution in [2.24, 2.45) is 22.2 Å². The van der Waals surface area contributed by atoms with Crippen LogP contribution in [0.15, 0.2) is 11.2 Å². The number of aryl methyl sites for hydroxylation is 1. The van der Waals surface area contributed by atoms with Crippen molar-refractivity contribution in [3.8, 4) is 0 Å². The van der Waals surface area contributed by atoms with Gasteiger partial charge in [-0.2, -0.15) is 0 Å². The van der Waals surface area contributed by atoms with Gasteiger partial charge in [-0.3, -0.25) is 28.9 Å². The monoisotopic (exact) mass is 574 g/mol. The predicted molar refractivity (Wildman–Crippen MR) is 148 cm³/mol. The molecule has 2 bridgehead atoms. The number of guanidine groups is 1. The van der Waals surface area contributed by atoms with Crippen LogP contribution < -0.4 is 33.2 Å². The zero-order chi connectivity index (χ0) is 27.5. The van der Waals surface area contributed by atoms with Crippen LogP contribution in [0.3, 0.4) is 0 Å². The minimum Gasteiger partial charge on any atom is -0.370 e. The molecule has 0 spiro atoms. The normalized spacial score (nSPS) is 22.1. The van der Waals surface area contributed by atoms with Crippen molar-refractivity contribution in [1.82, 2.24) is 30.9 Å². The summed E-state index contributed by atoms with van der Waals surface area (Å²) in [5.41, 5.74) is 17.2. The minimum absolute atomic E-state index is 0.0437. The number of Topliss-reactive ketones (excluding diaryl/α,β-unsaturated/α-hetero) is 1. The number of ketones is 1. The van der Waals surface area contributed by atoms with Gasteiger partial charge in [0.1, 0.15) is 11.8 Å². The second-order valence-electron chi connectivity index (χ2n) is 8.82. The van der Waals surface area contributed by atoms with E-state index in [0.29, 0.717) is 44.5 Å². The van der Waals surface area contributed by atoms with Gasteiger partial charge in [-0.25, -0.2) is 0 Å². The standard InChI is InChI=1S/C20H37N10O4P3/c1-11(31)14(6-4-7-24-20(22)23)25-17(33)15-9-12-10-30(29-28-12)8-3-2-5-13(21)16(32)27-19(37(35)36)18(34)26-15/h10,13-15,19H,2-9,21,35-36H2,1H3,(H,25,33)(H,26,34)(H,27,32)(H4,22,23,24). The Bertz CT molecular complexity index is 985. The van der Waals surface area contributed by atoms with E-state index in [1.807, 2.05) is 0 Å². The zero-order valence-corrected chi connectivity index (χ0v) is 24.0. The maximum absolute atomic E-state index is 13.3. The highest BCUT2D eigenvalue weighted by molar-refractivity contribution is 8.43. The molecular weight excluding hydrogens is 537 g/mol. The molecule has 1 aliphatic rings. The van der Waals surface area contributed by atoms with Crippen molar-refractivity contribution >= 4 is 54.6 Å². The summed E-state index contributed by atoms with van der Waals surface area (Å²) in [4.78, 5) is 55.2. The predicted octanol–water partition coefficient (Wildman–Crippen LogP) is -1.55. The quantitative estimate of drug-likeness (QED) is 0.0913. The van der Waals surface area contributed by atoms with Crippen LogP contribution >= 0.6 is 25.2 Å². The van der Waals surface area contributed by atoms with E-state index in [0.717, 1.165) is 6.42 Å². The van der Waals surface area contributed by atoms with E-state index < -0.39 is 48.9 Å². The summed E-state index contributed by atoms with van der Waals surface area (Å²) in [6.45, 7) is 2.25. The van der Waals surface area contributed by atoms with Crippen LogP contribution in [0.1, 0.15) is 44.7 Å². The number of amides is 3. The van der Waals surface area contributed by atoms with Crippen LogP contribution in [0, 0.1) is 0 Å². The van der Waals surface area contributed by atoms with Gasteiger partial charge in [0.05, 0.1) is 17.8 Å². The topological polar surface area (TPSA) is 225 Å². The van der Waals surface area contributed by atoms with Crippen LogP contribution in [0.25, 0.3) is 0 Å². The summed E-state index contributed by atoms with van der Waals surface area (Å²) in [7, 11) is 3.90. The minimum atomic E-state index is -1.12. The van der Waals surface area contributed by atoms with Crippen molar-refractivity contribution in [3.05, 3.63) is 11.9 Å². The molecule has 0 saturated heterocycles. The summed E-state index contributed by atoms with van der Waals surface area (Å²) < 4.78 is 1.65. The molecule has 1 aromatic heterocycles. The molecule has 1 aromatic rings. The van der Waals surface area contributed by atoms with Crippen LogP contribution in [0.5, 0.6) is 0 Å². The number of hydrogen-bond donors (Lipinski definition) is 6. The van der Waals surface area contributed by atoms with Crippen LogP contribution in [-0.2, 0) is 32.1 Å². The van der Waals surface area contributed by atoms with E-state index in [1.54, 1.807) is 10.9 Å². The second kappa shape index (κ2) is 15.2. The third-order valence-electron chi connectivity index (χ3n) is 5.70. The number of nitrogens with zero attached hydrogens (tertiary/aromatic N) is 4. The Morgan fingerprint density at radius 3 is 2.65 bits per heavy atom. The highest BCUT2D eigenvalue weighted by Gasteiger charge is 2.32. The second-order valence-corrected chi connectivity index (χ2v) is 15.6. The molecule has 37 heavy (non-hydrogen) atoms. The van der Waals surface area contributed by atoms with Crippen molar-refractivity contribution in [3.63, 3.8) is 0 Å². The Labute approximate surface area is 221 Å². The fourth-order valence-corrected chi connectivity index (χ4v) is 5.53. The van der Waals surface area contributed by atoms with Crippen LogP contribution in [-0.4, -0.2) is 74.9 Å². The molecule has 14 nitrogen and oxygen atoms in total. The zero-order valence-electron chi connectivity index (χ0n) is 20.8. The van der Waals surface area contributed by atoms with Crippen molar-refractivity contribution in [2.75, 3.05) is 6.54 Å². The van der Waals surface area contributed by atoms with Gasteiger partial charge in [0.15, 0.2) is 11.7 Å². The van der Waals surface area contributed by atoms with E-state index in [1.165, 1.54) is 6.92 Å². The molecule has 1 aliphatic heterocycles. The molecule has 0 aliphatic carbocycles. The largest absolute Gasteiger partial charge is 0.370 e. The van der Waals surface area contributed by atoms with E-state index >= 15 is 0 Å². The van der Waals surface area contributed by atoms with Crippen LogP contribution in [0.2, 0.25) is 0 Å². The number of carbonyl (C=O) groups excluding carboxylic acids is 4. The number of fused-ring (bicyclic) bond motifs is 2. The van der Waals surface area contributed by atoms with Gasteiger partial charge in [-0.05, 0) is 46.3 Å². The molecule has 206 valence electrons. The maximum atomic E-state index is 13.3. The molecule has 0 fully saturated rings. The first kappa shape index (κ1) is 31.0. The molecule has 6 unspecified atom stereocenters. The third kappa shape index (κ3) is 10.6. The van der Waals surface area contributed by atoms with E-state index in [-0.39, 0.29) is 18.2 Å². The summed E-state index contributed by atoms with van der Waals surface area (Å²) in [5.74, 6) is -2.76. The van der Waals surface area contributed by atoms with Gasteiger partial charge in [0.25, 0.3) is 0 Å². The lowest BCUT2D eigenvalue weighted by atomic mass is 10.1. The number of aromatic nitrogens is 3.